The highest BCUT2D eigenvalue weighted by Gasteiger charge is 1.80. The maximum atomic E-state index is 3.49. The number of thiophene rings is 1. The van der Waals surface area contributed by atoms with Gasteiger partial charge in [-0.05, 0) is 17.5 Å². The minimum atomic E-state index is 1.09. The third-order valence-electron chi connectivity index (χ3n) is 0.819. The first-order valence-electron chi connectivity index (χ1n) is 2.59. The molecule has 0 bridgehead atoms. The van der Waals surface area contributed by atoms with Gasteiger partial charge in [0.2, 0.25) is 0 Å². The molecular formula is C8H6S. The Balaban J connectivity index is 2.78. The second-order valence-corrected chi connectivity index (χ2v) is 2.40. The van der Waals surface area contributed by atoms with Crippen molar-refractivity contribution >= 4 is 11.3 Å². The minimum absolute atomic E-state index is 1.09. The minimum Gasteiger partial charge on any atom is -0.135 e. The second kappa shape index (κ2) is 3.11. The van der Waals surface area contributed by atoms with Gasteiger partial charge in [-0.25, -0.2) is 0 Å². The zero-order valence-corrected chi connectivity index (χ0v) is 5.74. The van der Waals surface area contributed by atoms with E-state index >= 15 is 0 Å². The number of hydrogen-bond donors (Lipinski definition) is 0. The third-order valence-corrected chi connectivity index (χ3v) is 1.60. The summed E-state index contributed by atoms with van der Waals surface area (Å²) >= 11 is 1.64. The SMILES string of the molecule is C=CC#Cc1cccs1. The normalized spacial score (nSPS) is 7.56. The lowest BCUT2D eigenvalue weighted by Crippen LogP contribution is -1.55. The van der Waals surface area contributed by atoms with Crippen LogP contribution in [0.4, 0.5) is 0 Å². The lowest BCUT2D eigenvalue weighted by molar-refractivity contribution is 1.94. The van der Waals surface area contributed by atoms with Crippen molar-refractivity contribution in [3.8, 4) is 11.8 Å². The molecule has 0 nitrogen and oxygen atoms in total. The van der Waals surface area contributed by atoms with E-state index in [0.29, 0.717) is 0 Å². The molecule has 1 heteroatoms. The highest BCUT2D eigenvalue weighted by atomic mass is 32.1. The van der Waals surface area contributed by atoms with Crippen LogP contribution in [0.5, 0.6) is 0 Å². The van der Waals surface area contributed by atoms with Crippen molar-refractivity contribution in [1.82, 2.24) is 0 Å². The van der Waals surface area contributed by atoms with Gasteiger partial charge in [0.25, 0.3) is 0 Å². The van der Waals surface area contributed by atoms with Gasteiger partial charge in [-0.1, -0.05) is 24.5 Å². The quantitative estimate of drug-likeness (QED) is 0.477. The van der Waals surface area contributed by atoms with Crippen molar-refractivity contribution in [2.75, 3.05) is 0 Å². The summed E-state index contributed by atoms with van der Waals surface area (Å²) in [5, 5.41) is 2.01. The molecule has 0 fully saturated rings. The third kappa shape index (κ3) is 1.75. The van der Waals surface area contributed by atoms with Crippen LogP contribution in [-0.2, 0) is 0 Å². The zero-order chi connectivity index (χ0) is 6.53. The summed E-state index contributed by atoms with van der Waals surface area (Å²) in [6, 6.07) is 3.97. The smallest absolute Gasteiger partial charge is 0.0771 e. The van der Waals surface area contributed by atoms with Crippen molar-refractivity contribution < 1.29 is 0 Å². The van der Waals surface area contributed by atoms with Gasteiger partial charge in [0.1, 0.15) is 0 Å². The van der Waals surface area contributed by atoms with E-state index in [2.05, 4.69) is 18.4 Å². The maximum absolute atomic E-state index is 3.49. The molecule has 0 amide bonds. The van der Waals surface area contributed by atoms with E-state index in [-0.39, 0.29) is 0 Å². The molecule has 0 N–H and O–H groups in total. The van der Waals surface area contributed by atoms with Crippen LogP contribution in [0.2, 0.25) is 0 Å². The van der Waals surface area contributed by atoms with Crippen LogP contribution in [0.15, 0.2) is 30.2 Å². The van der Waals surface area contributed by atoms with Gasteiger partial charge in [-0.3, -0.25) is 0 Å². The Hall–Kier alpha value is -1.000. The van der Waals surface area contributed by atoms with Crippen molar-refractivity contribution in [3.05, 3.63) is 35.0 Å². The molecule has 9 heavy (non-hydrogen) atoms. The fourth-order valence-electron chi connectivity index (χ4n) is 0.472. The lowest BCUT2D eigenvalue weighted by Gasteiger charge is -1.70. The zero-order valence-electron chi connectivity index (χ0n) is 4.92. The van der Waals surface area contributed by atoms with Gasteiger partial charge in [-0.15, -0.1) is 11.3 Å². The van der Waals surface area contributed by atoms with Crippen LogP contribution in [0.25, 0.3) is 0 Å². The molecule has 0 atom stereocenters. The van der Waals surface area contributed by atoms with E-state index in [4.69, 9.17) is 0 Å². The van der Waals surface area contributed by atoms with E-state index < -0.39 is 0 Å². The van der Waals surface area contributed by atoms with E-state index in [1.165, 1.54) is 0 Å². The second-order valence-electron chi connectivity index (χ2n) is 1.45. The van der Waals surface area contributed by atoms with Crippen LogP contribution in [0, 0.1) is 11.8 Å². The molecule has 0 unspecified atom stereocenters. The lowest BCUT2D eigenvalue weighted by atomic mass is 10.4. The summed E-state index contributed by atoms with van der Waals surface area (Å²) in [5.74, 6) is 5.70. The molecule has 1 aromatic heterocycles. The van der Waals surface area contributed by atoms with Crippen LogP contribution in [0.1, 0.15) is 4.88 Å². The van der Waals surface area contributed by atoms with E-state index in [0.717, 1.165) is 4.88 Å². The maximum Gasteiger partial charge on any atom is 0.0771 e. The highest BCUT2D eigenvalue weighted by Crippen LogP contribution is 2.04. The van der Waals surface area contributed by atoms with Gasteiger partial charge in [0, 0.05) is 0 Å². The van der Waals surface area contributed by atoms with Crippen molar-refractivity contribution in [1.29, 1.82) is 0 Å². The van der Waals surface area contributed by atoms with E-state index in [1.807, 2.05) is 17.5 Å². The van der Waals surface area contributed by atoms with Crippen LogP contribution in [0.3, 0.4) is 0 Å². The molecule has 0 aliphatic carbocycles. The molecule has 0 aliphatic heterocycles. The molecule has 1 aromatic rings. The monoisotopic (exact) mass is 134 g/mol. The first kappa shape index (κ1) is 6.12. The summed E-state index contributed by atoms with van der Waals surface area (Å²) in [7, 11) is 0. The summed E-state index contributed by atoms with van der Waals surface area (Å²) < 4.78 is 0. The van der Waals surface area contributed by atoms with Gasteiger partial charge >= 0.3 is 0 Å². The van der Waals surface area contributed by atoms with Gasteiger partial charge in [-0.2, -0.15) is 0 Å². The Kier molecular flexibility index (Phi) is 2.12. The Morgan fingerprint density at radius 3 is 3.11 bits per heavy atom. The topological polar surface area (TPSA) is 0 Å². The van der Waals surface area contributed by atoms with E-state index in [9.17, 15) is 0 Å². The van der Waals surface area contributed by atoms with Gasteiger partial charge < -0.3 is 0 Å². The Labute approximate surface area is 58.8 Å². The van der Waals surface area contributed by atoms with E-state index in [1.54, 1.807) is 17.4 Å². The molecule has 0 aliphatic rings. The van der Waals surface area contributed by atoms with Crippen molar-refractivity contribution in [2.24, 2.45) is 0 Å². The predicted octanol–water partition coefficient (Wildman–Crippen LogP) is 2.29. The molecule has 0 aromatic carbocycles. The fourth-order valence-corrected chi connectivity index (χ4v) is 1.05. The number of rotatable bonds is 0. The van der Waals surface area contributed by atoms with Crippen molar-refractivity contribution in [2.45, 2.75) is 0 Å². The first-order chi connectivity index (χ1) is 4.43. The fraction of sp³-hybridized carbons (Fsp3) is 0. The largest absolute Gasteiger partial charge is 0.135 e. The molecule has 44 valence electrons. The summed E-state index contributed by atoms with van der Waals surface area (Å²) in [5.41, 5.74) is 0. The Bertz CT molecular complexity index is 233. The van der Waals surface area contributed by atoms with Crippen LogP contribution < -0.4 is 0 Å². The standard InChI is InChI=1S/C8H6S/c1-2-3-5-8-6-4-7-9-8/h2,4,6-7H,1H2. The number of allylic oxidation sites excluding steroid dienone is 1. The summed E-state index contributed by atoms with van der Waals surface area (Å²) in [6.07, 6.45) is 1.60. The Morgan fingerprint density at radius 2 is 2.56 bits per heavy atom. The van der Waals surface area contributed by atoms with Gasteiger partial charge in [0.15, 0.2) is 0 Å². The molecule has 0 saturated carbocycles. The highest BCUT2D eigenvalue weighted by molar-refractivity contribution is 7.10. The average Bonchev–Trinajstić information content (AvgIpc) is 2.34. The van der Waals surface area contributed by atoms with Crippen LogP contribution in [-0.4, -0.2) is 0 Å². The van der Waals surface area contributed by atoms with Crippen molar-refractivity contribution in [3.63, 3.8) is 0 Å². The molecule has 1 rings (SSSR count). The number of hydrogen-bond acceptors (Lipinski definition) is 1. The molecule has 1 heterocycles. The molecule has 0 spiro atoms. The summed E-state index contributed by atoms with van der Waals surface area (Å²) in [4.78, 5) is 1.09. The average molecular weight is 134 g/mol. The molecular weight excluding hydrogens is 128 g/mol. The molecule has 0 radical (unpaired) electrons. The van der Waals surface area contributed by atoms with Gasteiger partial charge in [0.05, 0.1) is 4.88 Å². The predicted molar refractivity (Wildman–Crippen MR) is 41.4 cm³/mol. The first-order valence-corrected chi connectivity index (χ1v) is 3.47. The molecule has 0 saturated heterocycles. The Morgan fingerprint density at radius 1 is 1.67 bits per heavy atom. The van der Waals surface area contributed by atoms with Crippen LogP contribution >= 0.6 is 11.3 Å². The summed E-state index contributed by atoms with van der Waals surface area (Å²) in [6.45, 7) is 3.49.